The molecule has 8 heteroatoms. The molecule has 1 fully saturated rings. The summed E-state index contributed by atoms with van der Waals surface area (Å²) in [4.78, 5) is 23.6. The highest BCUT2D eigenvalue weighted by Crippen LogP contribution is 2.33. The van der Waals surface area contributed by atoms with Gasteiger partial charge in [0.1, 0.15) is 6.04 Å². The van der Waals surface area contributed by atoms with Gasteiger partial charge in [-0.05, 0) is 43.4 Å². The molecule has 0 saturated heterocycles. The van der Waals surface area contributed by atoms with E-state index in [9.17, 15) is 23.1 Å². The number of carboxylic acids is 1. The monoisotopic (exact) mass is 340 g/mol. The molecule has 3 N–H and O–H groups in total. The Hall–Kier alpha value is -1.93. The number of hydrogen-bond acceptors (Lipinski definition) is 4. The molecule has 1 aliphatic carbocycles. The molecule has 1 aromatic carbocycles. The van der Waals surface area contributed by atoms with E-state index >= 15 is 0 Å². The molecule has 1 aromatic rings. The van der Waals surface area contributed by atoms with Crippen molar-refractivity contribution in [2.45, 2.75) is 37.6 Å². The van der Waals surface area contributed by atoms with Gasteiger partial charge in [-0.15, -0.1) is 0 Å². The molecule has 0 heterocycles. The summed E-state index contributed by atoms with van der Waals surface area (Å²) >= 11 is 0. The van der Waals surface area contributed by atoms with E-state index in [1.165, 1.54) is 18.2 Å². The zero-order valence-electron chi connectivity index (χ0n) is 13.0. The van der Waals surface area contributed by atoms with Crippen molar-refractivity contribution in [1.29, 1.82) is 0 Å². The molecule has 23 heavy (non-hydrogen) atoms. The van der Waals surface area contributed by atoms with Crippen LogP contribution in [0.3, 0.4) is 0 Å². The number of amides is 1. The van der Waals surface area contributed by atoms with Gasteiger partial charge in [-0.3, -0.25) is 4.79 Å². The van der Waals surface area contributed by atoms with Gasteiger partial charge in [0.25, 0.3) is 5.91 Å². The minimum atomic E-state index is -3.68. The first-order valence-corrected chi connectivity index (χ1v) is 8.88. The van der Waals surface area contributed by atoms with Crippen molar-refractivity contribution in [2.24, 2.45) is 5.92 Å². The van der Waals surface area contributed by atoms with Crippen LogP contribution >= 0.6 is 0 Å². The first-order valence-electron chi connectivity index (χ1n) is 7.40. The van der Waals surface area contributed by atoms with Gasteiger partial charge in [-0.2, -0.15) is 0 Å². The van der Waals surface area contributed by atoms with Crippen molar-refractivity contribution in [2.75, 3.05) is 6.54 Å². The summed E-state index contributed by atoms with van der Waals surface area (Å²) in [5.41, 5.74) is 0.744. The van der Waals surface area contributed by atoms with Gasteiger partial charge in [0.05, 0.1) is 4.90 Å². The molecule has 1 aliphatic rings. The fourth-order valence-corrected chi connectivity index (χ4v) is 3.38. The third kappa shape index (κ3) is 4.08. The van der Waals surface area contributed by atoms with Crippen molar-refractivity contribution in [3.63, 3.8) is 0 Å². The highest BCUT2D eigenvalue weighted by Gasteiger charge is 2.37. The molecular weight excluding hydrogens is 320 g/mol. The lowest BCUT2D eigenvalue weighted by Crippen LogP contribution is -2.42. The standard InChI is InChI=1S/C15H20N2O5S/c1-3-16-23(21,22)11-7-4-9(2)12(8-11)14(18)17-13(15(19)20)10-5-6-10/h4,7-8,10,13,16H,3,5-6H2,1-2H3,(H,17,18)(H,19,20). The number of carboxylic acid groups (broad SMARTS) is 1. The van der Waals surface area contributed by atoms with E-state index in [2.05, 4.69) is 10.0 Å². The van der Waals surface area contributed by atoms with Crippen LogP contribution in [0, 0.1) is 12.8 Å². The molecule has 0 spiro atoms. The number of carbonyl (C=O) groups excluding carboxylic acids is 1. The number of hydrogen-bond donors (Lipinski definition) is 3. The fourth-order valence-electron chi connectivity index (χ4n) is 2.32. The summed E-state index contributed by atoms with van der Waals surface area (Å²) in [6, 6.07) is 3.29. The molecule has 0 bridgehead atoms. The van der Waals surface area contributed by atoms with Gasteiger partial charge >= 0.3 is 5.97 Å². The summed E-state index contributed by atoms with van der Waals surface area (Å²) in [6.07, 6.45) is 1.54. The first kappa shape index (κ1) is 17.4. The van der Waals surface area contributed by atoms with Crippen LogP contribution in [0.5, 0.6) is 0 Å². The number of sulfonamides is 1. The molecule has 1 amide bonds. The average molecular weight is 340 g/mol. The van der Waals surface area contributed by atoms with Crippen LogP contribution < -0.4 is 10.0 Å². The molecule has 1 saturated carbocycles. The number of aliphatic carboxylic acids is 1. The lowest BCUT2D eigenvalue weighted by atomic mass is 10.1. The predicted octanol–water partition coefficient (Wildman–Crippen LogP) is 0.886. The van der Waals surface area contributed by atoms with E-state index in [0.717, 1.165) is 12.8 Å². The molecular formula is C15H20N2O5S. The Bertz CT molecular complexity index is 725. The van der Waals surface area contributed by atoms with E-state index in [0.29, 0.717) is 5.56 Å². The lowest BCUT2D eigenvalue weighted by molar-refractivity contribution is -0.139. The van der Waals surface area contributed by atoms with Crippen LogP contribution in [0.4, 0.5) is 0 Å². The quantitative estimate of drug-likeness (QED) is 0.682. The second-order valence-electron chi connectivity index (χ2n) is 5.60. The van der Waals surface area contributed by atoms with Crippen LogP contribution in [0.1, 0.15) is 35.7 Å². The number of aryl methyl sites for hydroxylation is 1. The Labute approximate surface area is 135 Å². The summed E-state index contributed by atoms with van der Waals surface area (Å²) in [6.45, 7) is 3.57. The maximum absolute atomic E-state index is 12.4. The molecule has 1 atom stereocenters. The van der Waals surface area contributed by atoms with Crippen LogP contribution in [0.25, 0.3) is 0 Å². The molecule has 2 rings (SSSR count). The SMILES string of the molecule is CCNS(=O)(=O)c1ccc(C)c(C(=O)NC(C(=O)O)C2CC2)c1. The minimum Gasteiger partial charge on any atom is -0.480 e. The number of rotatable bonds is 7. The Morgan fingerprint density at radius 3 is 2.52 bits per heavy atom. The second-order valence-corrected chi connectivity index (χ2v) is 7.37. The Kier molecular flexibility index (Phi) is 5.06. The summed E-state index contributed by atoms with van der Waals surface area (Å²) in [5.74, 6) is -1.70. The van der Waals surface area contributed by atoms with Crippen molar-refractivity contribution >= 4 is 21.9 Å². The minimum absolute atomic E-state index is 0.0200. The van der Waals surface area contributed by atoms with E-state index in [-0.39, 0.29) is 22.9 Å². The van der Waals surface area contributed by atoms with Gasteiger partial charge < -0.3 is 10.4 Å². The van der Waals surface area contributed by atoms with Crippen LogP contribution in [-0.2, 0) is 14.8 Å². The van der Waals surface area contributed by atoms with Crippen LogP contribution in [-0.4, -0.2) is 38.0 Å². The van der Waals surface area contributed by atoms with Gasteiger partial charge in [0.15, 0.2) is 0 Å². The van der Waals surface area contributed by atoms with Crippen molar-refractivity contribution in [1.82, 2.24) is 10.0 Å². The van der Waals surface area contributed by atoms with Crippen molar-refractivity contribution in [3.05, 3.63) is 29.3 Å². The Morgan fingerprint density at radius 2 is 2.00 bits per heavy atom. The fraction of sp³-hybridized carbons (Fsp3) is 0.467. The highest BCUT2D eigenvalue weighted by atomic mass is 32.2. The molecule has 0 radical (unpaired) electrons. The van der Waals surface area contributed by atoms with E-state index < -0.39 is 27.9 Å². The van der Waals surface area contributed by atoms with Gasteiger partial charge in [0.2, 0.25) is 10.0 Å². The summed E-state index contributed by atoms with van der Waals surface area (Å²) < 4.78 is 26.4. The first-order chi connectivity index (χ1) is 10.8. The van der Waals surface area contributed by atoms with Crippen molar-refractivity contribution in [3.8, 4) is 0 Å². The van der Waals surface area contributed by atoms with Gasteiger partial charge in [0, 0.05) is 12.1 Å². The zero-order chi connectivity index (χ0) is 17.2. The largest absolute Gasteiger partial charge is 0.480 e. The van der Waals surface area contributed by atoms with E-state index in [4.69, 9.17) is 0 Å². The molecule has 0 aromatic heterocycles. The van der Waals surface area contributed by atoms with Gasteiger partial charge in [-0.1, -0.05) is 13.0 Å². The topological polar surface area (TPSA) is 113 Å². The highest BCUT2D eigenvalue weighted by molar-refractivity contribution is 7.89. The normalized spacial score (nSPS) is 15.9. The van der Waals surface area contributed by atoms with E-state index in [1.54, 1.807) is 13.8 Å². The number of carbonyl (C=O) groups is 2. The molecule has 126 valence electrons. The smallest absolute Gasteiger partial charge is 0.326 e. The van der Waals surface area contributed by atoms with E-state index in [1.807, 2.05) is 0 Å². The maximum Gasteiger partial charge on any atom is 0.326 e. The molecule has 0 aliphatic heterocycles. The average Bonchev–Trinajstić information content (AvgIpc) is 3.28. The molecule has 1 unspecified atom stereocenters. The van der Waals surface area contributed by atoms with Crippen molar-refractivity contribution < 1.29 is 23.1 Å². The van der Waals surface area contributed by atoms with Crippen LogP contribution in [0.15, 0.2) is 23.1 Å². The third-order valence-corrected chi connectivity index (χ3v) is 5.29. The molecule has 7 nitrogen and oxygen atoms in total. The lowest BCUT2D eigenvalue weighted by Gasteiger charge is -2.15. The Morgan fingerprint density at radius 1 is 1.35 bits per heavy atom. The number of nitrogens with one attached hydrogen (secondary N) is 2. The predicted molar refractivity (Wildman–Crippen MR) is 83.7 cm³/mol. The number of benzene rings is 1. The van der Waals surface area contributed by atoms with Gasteiger partial charge in [-0.25, -0.2) is 17.9 Å². The third-order valence-electron chi connectivity index (χ3n) is 3.74. The summed E-state index contributed by atoms with van der Waals surface area (Å²) in [7, 11) is -3.68. The Balaban J connectivity index is 2.27. The zero-order valence-corrected chi connectivity index (χ0v) is 13.8. The maximum atomic E-state index is 12.4. The summed E-state index contributed by atoms with van der Waals surface area (Å²) in [5, 5.41) is 11.7. The van der Waals surface area contributed by atoms with Crippen LogP contribution in [0.2, 0.25) is 0 Å². The second kappa shape index (κ2) is 6.67.